The molecule has 1 aliphatic heterocycles. The molecule has 1 saturated heterocycles. The van der Waals surface area contributed by atoms with Gasteiger partial charge < -0.3 is 4.90 Å². The molecule has 1 amide bonds. The summed E-state index contributed by atoms with van der Waals surface area (Å²) in [5, 5.41) is 2.29. The standard InChI is InChI=1S/C10H17F3N2O/c1-6-8(16)15(9(2,3)4)5-7(14-6)10(11,12)13/h6-7,14H,5H2,1-4H3. The van der Waals surface area contributed by atoms with Crippen LogP contribution in [0.1, 0.15) is 27.7 Å². The molecule has 0 aromatic carbocycles. The molecule has 2 unspecified atom stereocenters. The summed E-state index contributed by atoms with van der Waals surface area (Å²) in [5.41, 5.74) is -0.586. The predicted octanol–water partition coefficient (Wildman–Crippen LogP) is 1.54. The molecule has 0 bridgehead atoms. The number of halogens is 3. The van der Waals surface area contributed by atoms with E-state index >= 15 is 0 Å². The molecular weight excluding hydrogens is 221 g/mol. The third-order valence-electron chi connectivity index (χ3n) is 2.66. The maximum atomic E-state index is 12.6. The van der Waals surface area contributed by atoms with Gasteiger partial charge >= 0.3 is 6.18 Å². The molecule has 0 saturated carbocycles. The largest absolute Gasteiger partial charge is 0.405 e. The fraction of sp³-hybridized carbons (Fsp3) is 0.900. The molecule has 1 rings (SSSR count). The lowest BCUT2D eigenvalue weighted by Crippen LogP contribution is -2.66. The summed E-state index contributed by atoms with van der Waals surface area (Å²) in [7, 11) is 0. The molecule has 6 heteroatoms. The second-order valence-electron chi connectivity index (χ2n) is 5.10. The molecule has 0 aromatic heterocycles. The first kappa shape index (κ1) is 13.3. The van der Waals surface area contributed by atoms with Gasteiger partial charge in [-0.05, 0) is 27.7 Å². The SMILES string of the molecule is CC1NC(C(F)(F)F)CN(C(C)(C)C)C1=O. The van der Waals surface area contributed by atoms with Gasteiger partial charge in [-0.25, -0.2) is 0 Å². The van der Waals surface area contributed by atoms with Gasteiger partial charge in [-0.1, -0.05) is 0 Å². The molecule has 16 heavy (non-hydrogen) atoms. The van der Waals surface area contributed by atoms with E-state index in [4.69, 9.17) is 0 Å². The van der Waals surface area contributed by atoms with Crippen LogP contribution >= 0.6 is 0 Å². The monoisotopic (exact) mass is 238 g/mol. The molecule has 2 atom stereocenters. The lowest BCUT2D eigenvalue weighted by molar-refractivity contribution is -0.178. The molecule has 1 aliphatic rings. The summed E-state index contributed by atoms with van der Waals surface area (Å²) >= 11 is 0. The Balaban J connectivity index is 2.90. The Labute approximate surface area is 93.0 Å². The summed E-state index contributed by atoms with van der Waals surface area (Å²) in [6.07, 6.45) is -4.32. The highest BCUT2D eigenvalue weighted by Gasteiger charge is 2.48. The van der Waals surface area contributed by atoms with Crippen LogP contribution in [0.2, 0.25) is 0 Å². The number of nitrogens with zero attached hydrogens (tertiary/aromatic N) is 1. The molecule has 0 aliphatic carbocycles. The Bertz CT molecular complexity index is 283. The van der Waals surface area contributed by atoms with Crippen LogP contribution in [0, 0.1) is 0 Å². The van der Waals surface area contributed by atoms with Crippen molar-refractivity contribution in [2.45, 2.75) is 51.5 Å². The minimum atomic E-state index is -4.32. The fourth-order valence-corrected chi connectivity index (χ4v) is 1.73. The number of hydrogen-bond acceptors (Lipinski definition) is 2. The summed E-state index contributed by atoms with van der Waals surface area (Å²) in [4.78, 5) is 13.0. The van der Waals surface area contributed by atoms with Crippen LogP contribution in [0.5, 0.6) is 0 Å². The molecule has 3 nitrogen and oxygen atoms in total. The van der Waals surface area contributed by atoms with Crippen LogP contribution < -0.4 is 5.32 Å². The summed E-state index contributed by atoms with van der Waals surface area (Å²) in [6, 6.07) is -2.43. The number of alkyl halides is 3. The molecule has 1 fully saturated rings. The zero-order valence-corrected chi connectivity index (χ0v) is 9.85. The average Bonchev–Trinajstić information content (AvgIpc) is 2.05. The highest BCUT2D eigenvalue weighted by atomic mass is 19.4. The van der Waals surface area contributed by atoms with Gasteiger partial charge in [0.05, 0.1) is 6.04 Å². The van der Waals surface area contributed by atoms with E-state index in [1.807, 2.05) is 0 Å². The van der Waals surface area contributed by atoms with Crippen LogP contribution in [-0.2, 0) is 4.79 Å². The third kappa shape index (κ3) is 2.66. The molecule has 0 radical (unpaired) electrons. The highest BCUT2D eigenvalue weighted by Crippen LogP contribution is 2.27. The van der Waals surface area contributed by atoms with Crippen molar-refractivity contribution in [3.05, 3.63) is 0 Å². The van der Waals surface area contributed by atoms with Gasteiger partial charge in [-0.15, -0.1) is 0 Å². The maximum Gasteiger partial charge on any atom is 0.405 e. The second kappa shape index (κ2) is 3.91. The van der Waals surface area contributed by atoms with E-state index in [1.165, 1.54) is 11.8 Å². The Kier molecular flexibility index (Phi) is 3.24. The van der Waals surface area contributed by atoms with E-state index in [1.54, 1.807) is 20.8 Å². The molecular formula is C10H17F3N2O. The van der Waals surface area contributed by atoms with Crippen LogP contribution in [-0.4, -0.2) is 41.2 Å². The number of amides is 1. The van der Waals surface area contributed by atoms with E-state index in [0.717, 1.165) is 0 Å². The van der Waals surface area contributed by atoms with Gasteiger partial charge in [0, 0.05) is 12.1 Å². The van der Waals surface area contributed by atoms with E-state index in [0.29, 0.717) is 0 Å². The molecule has 1 heterocycles. The van der Waals surface area contributed by atoms with Crippen molar-refractivity contribution in [3.8, 4) is 0 Å². The lowest BCUT2D eigenvalue weighted by Gasteiger charge is -2.44. The number of hydrogen-bond donors (Lipinski definition) is 1. The zero-order valence-electron chi connectivity index (χ0n) is 9.85. The number of nitrogens with one attached hydrogen (secondary N) is 1. The average molecular weight is 238 g/mol. The van der Waals surface area contributed by atoms with Crippen molar-refractivity contribution in [1.29, 1.82) is 0 Å². The number of piperazine rings is 1. The number of carbonyl (C=O) groups is 1. The Morgan fingerprint density at radius 1 is 1.31 bits per heavy atom. The van der Waals surface area contributed by atoms with Crippen molar-refractivity contribution in [2.24, 2.45) is 0 Å². The highest BCUT2D eigenvalue weighted by molar-refractivity contribution is 5.83. The van der Waals surface area contributed by atoms with Gasteiger partial charge in [0.2, 0.25) is 5.91 Å². The first-order chi connectivity index (χ1) is 7.03. The minimum Gasteiger partial charge on any atom is -0.335 e. The van der Waals surface area contributed by atoms with Gasteiger partial charge in [-0.3, -0.25) is 10.1 Å². The van der Waals surface area contributed by atoms with Crippen LogP contribution in [0.15, 0.2) is 0 Å². The quantitative estimate of drug-likeness (QED) is 0.694. The molecule has 94 valence electrons. The molecule has 0 aromatic rings. The zero-order chi connectivity index (χ0) is 12.7. The Morgan fingerprint density at radius 3 is 2.19 bits per heavy atom. The van der Waals surface area contributed by atoms with Gasteiger partial charge in [0.15, 0.2) is 0 Å². The smallest absolute Gasteiger partial charge is 0.335 e. The second-order valence-corrected chi connectivity index (χ2v) is 5.10. The molecule has 0 spiro atoms. The Morgan fingerprint density at radius 2 is 1.81 bits per heavy atom. The van der Waals surface area contributed by atoms with E-state index < -0.39 is 23.8 Å². The van der Waals surface area contributed by atoms with Crippen molar-refractivity contribution in [3.63, 3.8) is 0 Å². The van der Waals surface area contributed by atoms with E-state index in [-0.39, 0.29) is 12.5 Å². The van der Waals surface area contributed by atoms with Crippen LogP contribution in [0.3, 0.4) is 0 Å². The van der Waals surface area contributed by atoms with Gasteiger partial charge in [0.1, 0.15) is 6.04 Å². The third-order valence-corrected chi connectivity index (χ3v) is 2.66. The fourth-order valence-electron chi connectivity index (χ4n) is 1.73. The van der Waals surface area contributed by atoms with Crippen molar-refractivity contribution < 1.29 is 18.0 Å². The predicted molar refractivity (Wildman–Crippen MR) is 53.9 cm³/mol. The number of carbonyl (C=O) groups excluding carboxylic acids is 1. The van der Waals surface area contributed by atoms with Crippen LogP contribution in [0.25, 0.3) is 0 Å². The normalized spacial score (nSPS) is 28.4. The molecule has 1 N–H and O–H groups in total. The summed E-state index contributed by atoms with van der Waals surface area (Å²) in [5.74, 6) is -0.284. The van der Waals surface area contributed by atoms with Crippen LogP contribution in [0.4, 0.5) is 13.2 Å². The summed E-state index contributed by atoms with van der Waals surface area (Å²) < 4.78 is 37.8. The lowest BCUT2D eigenvalue weighted by atomic mass is 10.00. The van der Waals surface area contributed by atoms with Gasteiger partial charge in [-0.2, -0.15) is 13.2 Å². The van der Waals surface area contributed by atoms with Crippen molar-refractivity contribution >= 4 is 5.91 Å². The van der Waals surface area contributed by atoms with Crippen molar-refractivity contribution in [2.75, 3.05) is 6.54 Å². The summed E-state index contributed by atoms with van der Waals surface area (Å²) in [6.45, 7) is 6.33. The first-order valence-corrected chi connectivity index (χ1v) is 5.17. The topological polar surface area (TPSA) is 32.3 Å². The van der Waals surface area contributed by atoms with Gasteiger partial charge in [0.25, 0.3) is 0 Å². The first-order valence-electron chi connectivity index (χ1n) is 5.17. The van der Waals surface area contributed by atoms with Crippen molar-refractivity contribution in [1.82, 2.24) is 10.2 Å². The minimum absolute atomic E-state index is 0.284. The maximum absolute atomic E-state index is 12.6. The van der Waals surface area contributed by atoms with E-state index in [2.05, 4.69) is 5.32 Å². The van der Waals surface area contributed by atoms with E-state index in [9.17, 15) is 18.0 Å². The number of rotatable bonds is 0. The Hall–Kier alpha value is -0.780.